The molecule has 0 amide bonds. The number of nitrogen functional groups attached to an aromatic ring is 1. The lowest BCUT2D eigenvalue weighted by Gasteiger charge is -2.19. The van der Waals surface area contributed by atoms with Gasteiger partial charge in [0.2, 0.25) is 0 Å². The van der Waals surface area contributed by atoms with Crippen LogP contribution < -0.4 is 10.6 Å². The highest BCUT2D eigenvalue weighted by molar-refractivity contribution is 5.65. The van der Waals surface area contributed by atoms with E-state index in [1.165, 1.54) is 0 Å². The number of nitrogens with two attached hydrogens (primary N) is 1. The van der Waals surface area contributed by atoms with E-state index in [0.717, 1.165) is 24.3 Å². The van der Waals surface area contributed by atoms with Crippen LogP contribution in [0.1, 0.15) is 13.3 Å². The fourth-order valence-corrected chi connectivity index (χ4v) is 1.17. The van der Waals surface area contributed by atoms with Crippen LogP contribution in [0.3, 0.4) is 0 Å². The van der Waals surface area contributed by atoms with Crippen molar-refractivity contribution in [2.24, 2.45) is 0 Å². The van der Waals surface area contributed by atoms with Crippen LogP contribution >= 0.6 is 0 Å². The quantitative estimate of drug-likeness (QED) is 0.738. The van der Waals surface area contributed by atoms with Crippen LogP contribution in [-0.2, 0) is 0 Å². The fraction of sp³-hybridized carbons (Fsp3) is 0.444. The van der Waals surface area contributed by atoms with E-state index in [9.17, 15) is 0 Å². The highest BCUT2D eigenvalue weighted by Crippen LogP contribution is 2.19. The number of rotatable bonds is 3. The molecule has 1 rings (SSSR count). The highest BCUT2D eigenvalue weighted by Gasteiger charge is 2.02. The number of hydrogen-bond acceptors (Lipinski definition) is 3. The zero-order valence-corrected chi connectivity index (χ0v) is 7.62. The molecule has 0 fully saturated rings. The Morgan fingerprint density at radius 1 is 1.58 bits per heavy atom. The van der Waals surface area contributed by atoms with Gasteiger partial charge >= 0.3 is 0 Å². The summed E-state index contributed by atoms with van der Waals surface area (Å²) in [6, 6.07) is 1.82. The van der Waals surface area contributed by atoms with Gasteiger partial charge in [0.25, 0.3) is 0 Å². The van der Waals surface area contributed by atoms with Crippen molar-refractivity contribution in [2.75, 3.05) is 24.2 Å². The summed E-state index contributed by atoms with van der Waals surface area (Å²) in [7, 11) is 2.02. The first-order valence-electron chi connectivity index (χ1n) is 4.16. The average Bonchev–Trinajstić information content (AvgIpc) is 2.05. The van der Waals surface area contributed by atoms with E-state index in [0.29, 0.717) is 0 Å². The van der Waals surface area contributed by atoms with E-state index in [2.05, 4.69) is 16.8 Å². The lowest BCUT2D eigenvalue weighted by atomic mass is 10.3. The summed E-state index contributed by atoms with van der Waals surface area (Å²) in [4.78, 5) is 6.14. The zero-order valence-electron chi connectivity index (χ0n) is 7.62. The highest BCUT2D eigenvalue weighted by atomic mass is 15.1. The van der Waals surface area contributed by atoms with Gasteiger partial charge in [-0.15, -0.1) is 0 Å². The van der Waals surface area contributed by atoms with E-state index in [1.807, 2.05) is 13.1 Å². The van der Waals surface area contributed by atoms with Crippen LogP contribution in [0, 0.1) is 0 Å². The lowest BCUT2D eigenvalue weighted by Crippen LogP contribution is -2.19. The number of hydrogen-bond donors (Lipinski definition) is 1. The summed E-state index contributed by atoms with van der Waals surface area (Å²) < 4.78 is 0. The van der Waals surface area contributed by atoms with Gasteiger partial charge in [0.05, 0.1) is 17.6 Å². The van der Waals surface area contributed by atoms with Crippen molar-refractivity contribution < 1.29 is 0 Å². The predicted molar refractivity (Wildman–Crippen MR) is 52.2 cm³/mol. The molecule has 0 spiro atoms. The molecule has 1 aromatic heterocycles. The van der Waals surface area contributed by atoms with Crippen molar-refractivity contribution in [3.8, 4) is 0 Å². The van der Waals surface area contributed by atoms with Crippen LogP contribution in [0.25, 0.3) is 0 Å². The van der Waals surface area contributed by atoms with E-state index in [-0.39, 0.29) is 0 Å². The largest absolute Gasteiger partial charge is 0.397 e. The van der Waals surface area contributed by atoms with E-state index < -0.39 is 0 Å². The molecule has 3 nitrogen and oxygen atoms in total. The van der Waals surface area contributed by atoms with Crippen LogP contribution in [0.4, 0.5) is 11.4 Å². The summed E-state index contributed by atoms with van der Waals surface area (Å²) in [6.07, 6.45) is 4.62. The Kier molecular flexibility index (Phi) is 2.91. The minimum atomic E-state index is 0.793. The zero-order chi connectivity index (χ0) is 8.97. The van der Waals surface area contributed by atoms with Gasteiger partial charge < -0.3 is 10.6 Å². The first kappa shape index (κ1) is 8.84. The Bertz CT molecular complexity index is 247. The van der Waals surface area contributed by atoms with Gasteiger partial charge in [0.15, 0.2) is 0 Å². The predicted octanol–water partition coefficient (Wildman–Crippen LogP) is 1.51. The Morgan fingerprint density at radius 3 is 2.92 bits per heavy atom. The SMILES string of the molecule is CCCN(C)c1cnccc1N. The minimum Gasteiger partial charge on any atom is -0.397 e. The third kappa shape index (κ3) is 1.87. The molecule has 0 aliphatic carbocycles. The van der Waals surface area contributed by atoms with Gasteiger partial charge in [-0.1, -0.05) is 6.92 Å². The first-order chi connectivity index (χ1) is 5.75. The standard InChI is InChI=1S/C9H15N3/c1-3-6-12(2)9-7-11-5-4-8(9)10/h4-5,7H,3,6H2,1-2H3,(H2,10,11). The number of anilines is 2. The van der Waals surface area contributed by atoms with Crippen LogP contribution in [0.5, 0.6) is 0 Å². The van der Waals surface area contributed by atoms with E-state index in [4.69, 9.17) is 5.73 Å². The van der Waals surface area contributed by atoms with Crippen LogP contribution in [-0.4, -0.2) is 18.6 Å². The summed E-state index contributed by atoms with van der Waals surface area (Å²) in [5.41, 5.74) is 7.58. The van der Waals surface area contributed by atoms with Gasteiger partial charge in [-0.3, -0.25) is 4.98 Å². The molecule has 0 aliphatic heterocycles. The molecule has 0 unspecified atom stereocenters. The normalized spacial score (nSPS) is 9.83. The van der Waals surface area contributed by atoms with Crippen molar-refractivity contribution in [3.63, 3.8) is 0 Å². The summed E-state index contributed by atoms with van der Waals surface area (Å²) >= 11 is 0. The molecule has 0 radical (unpaired) electrons. The molecule has 1 heterocycles. The molecule has 0 aliphatic rings. The maximum atomic E-state index is 5.77. The Balaban J connectivity index is 2.79. The molecule has 0 atom stereocenters. The molecule has 0 saturated carbocycles. The van der Waals surface area contributed by atoms with Crippen molar-refractivity contribution in [3.05, 3.63) is 18.5 Å². The fourth-order valence-electron chi connectivity index (χ4n) is 1.17. The van der Waals surface area contributed by atoms with Gasteiger partial charge in [0, 0.05) is 19.8 Å². The average molecular weight is 165 g/mol. The first-order valence-corrected chi connectivity index (χ1v) is 4.16. The number of aromatic nitrogens is 1. The van der Waals surface area contributed by atoms with E-state index in [1.54, 1.807) is 12.4 Å². The smallest absolute Gasteiger partial charge is 0.0783 e. The summed E-state index contributed by atoms with van der Waals surface area (Å²) in [6.45, 7) is 3.15. The van der Waals surface area contributed by atoms with Crippen molar-refractivity contribution in [2.45, 2.75) is 13.3 Å². The second-order valence-corrected chi connectivity index (χ2v) is 2.86. The minimum absolute atomic E-state index is 0.793. The Morgan fingerprint density at radius 2 is 2.33 bits per heavy atom. The molecule has 3 heteroatoms. The third-order valence-corrected chi connectivity index (χ3v) is 1.80. The molecule has 0 saturated heterocycles. The molecule has 1 aromatic rings. The summed E-state index contributed by atoms with van der Waals surface area (Å²) in [5.74, 6) is 0. The maximum Gasteiger partial charge on any atom is 0.0783 e. The van der Waals surface area contributed by atoms with Gasteiger partial charge in [-0.05, 0) is 12.5 Å². The van der Waals surface area contributed by atoms with Gasteiger partial charge in [-0.25, -0.2) is 0 Å². The number of pyridine rings is 1. The second kappa shape index (κ2) is 3.95. The van der Waals surface area contributed by atoms with Crippen molar-refractivity contribution >= 4 is 11.4 Å². The summed E-state index contributed by atoms with van der Waals surface area (Å²) in [5, 5.41) is 0. The molecular formula is C9H15N3. The maximum absolute atomic E-state index is 5.77. The van der Waals surface area contributed by atoms with E-state index >= 15 is 0 Å². The van der Waals surface area contributed by atoms with Gasteiger partial charge in [0.1, 0.15) is 0 Å². The van der Waals surface area contributed by atoms with Gasteiger partial charge in [-0.2, -0.15) is 0 Å². The topological polar surface area (TPSA) is 42.2 Å². The van der Waals surface area contributed by atoms with Crippen molar-refractivity contribution in [1.29, 1.82) is 0 Å². The molecule has 2 N–H and O–H groups in total. The lowest BCUT2D eigenvalue weighted by molar-refractivity contribution is 0.851. The molecule has 66 valence electrons. The number of nitrogens with zero attached hydrogens (tertiary/aromatic N) is 2. The molecule has 12 heavy (non-hydrogen) atoms. The Hall–Kier alpha value is -1.25. The molecule has 0 aromatic carbocycles. The molecule has 0 bridgehead atoms. The Labute approximate surface area is 73.2 Å². The second-order valence-electron chi connectivity index (χ2n) is 2.86. The third-order valence-electron chi connectivity index (χ3n) is 1.80. The van der Waals surface area contributed by atoms with Crippen LogP contribution in [0.2, 0.25) is 0 Å². The van der Waals surface area contributed by atoms with Crippen molar-refractivity contribution in [1.82, 2.24) is 4.98 Å². The monoisotopic (exact) mass is 165 g/mol. The molecular weight excluding hydrogens is 150 g/mol. The van der Waals surface area contributed by atoms with Crippen LogP contribution in [0.15, 0.2) is 18.5 Å².